The van der Waals surface area contributed by atoms with E-state index in [4.69, 9.17) is 0 Å². The second kappa shape index (κ2) is 4.30. The minimum absolute atomic E-state index is 0.112. The number of hydrogen-bond donors (Lipinski definition) is 1. The van der Waals surface area contributed by atoms with E-state index in [9.17, 15) is 14.4 Å². The molecule has 10 heavy (non-hydrogen) atoms. The van der Waals surface area contributed by atoms with Gasteiger partial charge in [0, 0.05) is 0 Å². The number of rotatable bonds is 2. The molecule has 0 fully saturated rings. The van der Waals surface area contributed by atoms with E-state index >= 15 is 0 Å². The summed E-state index contributed by atoms with van der Waals surface area (Å²) in [5, 5.41) is 0. The monoisotopic (exact) mass is 147 g/mol. The van der Waals surface area contributed by atoms with Crippen molar-refractivity contribution >= 4 is 18.3 Å². The lowest BCUT2D eigenvalue weighted by Crippen LogP contribution is -2.25. The zero-order valence-electron chi connectivity index (χ0n) is 5.12. The zero-order valence-corrected chi connectivity index (χ0v) is 5.12. The molecule has 0 unspecified atom stereocenters. The van der Waals surface area contributed by atoms with Crippen molar-refractivity contribution in [2.24, 2.45) is 0 Å². The number of amides is 1. The highest BCUT2D eigenvalue weighted by atomic mass is 16.7. The fraction of sp³-hybridized carbons (Fsp3) is 0.250. The molecule has 0 aliphatic heterocycles. The lowest BCUT2D eigenvalue weighted by atomic mass is 10.7. The van der Waals surface area contributed by atoms with Crippen LogP contribution < -0.4 is 5.48 Å². The summed E-state index contributed by atoms with van der Waals surface area (Å²) in [4.78, 5) is 33.7. The predicted octanol–water partition coefficient (Wildman–Crippen LogP) is -1.64. The van der Waals surface area contributed by atoms with E-state index in [0.29, 0.717) is 0 Å². The Balaban J connectivity index is 3.62. The van der Waals surface area contributed by atoms with Crippen LogP contribution in [0.1, 0.15) is 0 Å². The normalized spacial score (nSPS) is 7.70. The first-order valence-electron chi connectivity index (χ1n) is 2.20. The van der Waals surface area contributed by atoms with Crippen LogP contribution in [0.25, 0.3) is 0 Å². The minimum atomic E-state index is -1.27. The molecular formula is C4H5NO5. The summed E-state index contributed by atoms with van der Waals surface area (Å²) in [5.74, 6) is -2.44. The second-order valence-corrected chi connectivity index (χ2v) is 1.12. The van der Waals surface area contributed by atoms with E-state index in [1.54, 1.807) is 0 Å². The first kappa shape index (κ1) is 8.41. The topological polar surface area (TPSA) is 81.7 Å². The number of hydroxylamine groups is 1. The van der Waals surface area contributed by atoms with E-state index in [-0.39, 0.29) is 6.41 Å². The van der Waals surface area contributed by atoms with Crippen LogP contribution in [0.3, 0.4) is 0 Å². The Labute approximate surface area is 56.0 Å². The molecule has 6 heteroatoms. The highest BCUT2D eigenvalue weighted by Crippen LogP contribution is 1.76. The fourth-order valence-electron chi connectivity index (χ4n) is 0.203. The smallest absolute Gasteiger partial charge is 0.441 e. The Morgan fingerprint density at radius 1 is 1.40 bits per heavy atom. The summed E-state index contributed by atoms with van der Waals surface area (Å²) >= 11 is 0. The summed E-state index contributed by atoms with van der Waals surface area (Å²) in [7, 11) is 1.02. The van der Waals surface area contributed by atoms with E-state index in [2.05, 4.69) is 9.57 Å². The molecule has 0 bridgehead atoms. The van der Waals surface area contributed by atoms with Crippen molar-refractivity contribution in [1.82, 2.24) is 5.48 Å². The Hall–Kier alpha value is -1.59. The van der Waals surface area contributed by atoms with Crippen LogP contribution in [0.4, 0.5) is 0 Å². The third-order valence-corrected chi connectivity index (χ3v) is 0.552. The standard InChI is InChI=1S/C4H5NO5/c1-9-3(7)4(8)10-5-2-6/h2H,1H3,(H,5,6). The lowest BCUT2D eigenvalue weighted by molar-refractivity contribution is -0.171. The maximum atomic E-state index is 10.2. The molecule has 0 heterocycles. The zero-order chi connectivity index (χ0) is 7.98. The number of nitrogens with one attached hydrogen (secondary N) is 1. The van der Waals surface area contributed by atoms with E-state index in [1.165, 1.54) is 5.48 Å². The maximum absolute atomic E-state index is 10.2. The van der Waals surface area contributed by atoms with Gasteiger partial charge in [0.15, 0.2) is 0 Å². The molecule has 6 nitrogen and oxygen atoms in total. The Kier molecular flexibility index (Phi) is 3.62. The van der Waals surface area contributed by atoms with Gasteiger partial charge in [-0.25, -0.2) is 9.59 Å². The molecule has 0 saturated carbocycles. The molecular weight excluding hydrogens is 142 g/mol. The molecule has 1 amide bonds. The van der Waals surface area contributed by atoms with Gasteiger partial charge in [-0.15, -0.1) is 0 Å². The van der Waals surface area contributed by atoms with Crippen molar-refractivity contribution in [2.75, 3.05) is 7.11 Å². The summed E-state index contributed by atoms with van der Waals surface area (Å²) in [5.41, 5.74) is 1.53. The van der Waals surface area contributed by atoms with Gasteiger partial charge in [0.25, 0.3) is 0 Å². The number of esters is 1. The van der Waals surface area contributed by atoms with E-state index in [1.807, 2.05) is 0 Å². The molecule has 0 saturated heterocycles. The predicted molar refractivity (Wildman–Crippen MR) is 27.3 cm³/mol. The summed E-state index contributed by atoms with van der Waals surface area (Å²) < 4.78 is 3.94. The molecule has 0 aromatic carbocycles. The van der Waals surface area contributed by atoms with Crippen LogP contribution in [0, 0.1) is 0 Å². The van der Waals surface area contributed by atoms with Gasteiger partial charge in [-0.05, 0) is 0 Å². The van der Waals surface area contributed by atoms with Crippen LogP contribution in [0.5, 0.6) is 0 Å². The summed E-state index contributed by atoms with van der Waals surface area (Å²) in [6.45, 7) is 0. The summed E-state index contributed by atoms with van der Waals surface area (Å²) in [6.07, 6.45) is 0.112. The van der Waals surface area contributed by atoms with Gasteiger partial charge in [-0.2, -0.15) is 5.48 Å². The van der Waals surface area contributed by atoms with Crippen LogP contribution >= 0.6 is 0 Å². The molecule has 0 aromatic heterocycles. The van der Waals surface area contributed by atoms with E-state index < -0.39 is 11.9 Å². The molecule has 0 atom stereocenters. The lowest BCUT2D eigenvalue weighted by Gasteiger charge is -1.96. The largest absolute Gasteiger partial charge is 0.461 e. The number of carbonyl (C=O) groups excluding carboxylic acids is 3. The van der Waals surface area contributed by atoms with Crippen LogP contribution in [0.2, 0.25) is 0 Å². The minimum Gasteiger partial charge on any atom is -0.461 e. The second-order valence-electron chi connectivity index (χ2n) is 1.12. The van der Waals surface area contributed by atoms with Crippen molar-refractivity contribution in [3.05, 3.63) is 0 Å². The van der Waals surface area contributed by atoms with Gasteiger partial charge >= 0.3 is 11.9 Å². The van der Waals surface area contributed by atoms with E-state index in [0.717, 1.165) is 7.11 Å². The summed E-state index contributed by atoms with van der Waals surface area (Å²) in [6, 6.07) is 0. The maximum Gasteiger partial charge on any atom is 0.441 e. The average molecular weight is 147 g/mol. The highest BCUT2D eigenvalue weighted by Gasteiger charge is 2.14. The average Bonchev–Trinajstić information content (AvgIpc) is 1.98. The number of hydrogen-bond acceptors (Lipinski definition) is 5. The number of ether oxygens (including phenoxy) is 1. The fourth-order valence-corrected chi connectivity index (χ4v) is 0.203. The molecule has 0 aliphatic carbocycles. The van der Waals surface area contributed by atoms with Crippen LogP contribution in [-0.2, 0) is 24.0 Å². The van der Waals surface area contributed by atoms with Gasteiger partial charge in [0.05, 0.1) is 7.11 Å². The van der Waals surface area contributed by atoms with Gasteiger partial charge in [-0.1, -0.05) is 0 Å². The van der Waals surface area contributed by atoms with Gasteiger partial charge in [0.1, 0.15) is 0 Å². The molecule has 0 aromatic rings. The van der Waals surface area contributed by atoms with Crippen LogP contribution in [-0.4, -0.2) is 25.5 Å². The molecule has 0 radical (unpaired) electrons. The molecule has 1 N–H and O–H groups in total. The first-order chi connectivity index (χ1) is 4.72. The van der Waals surface area contributed by atoms with Gasteiger partial charge < -0.3 is 9.57 Å². The third-order valence-electron chi connectivity index (χ3n) is 0.552. The van der Waals surface area contributed by atoms with Crippen LogP contribution in [0.15, 0.2) is 0 Å². The molecule has 0 spiro atoms. The quantitative estimate of drug-likeness (QED) is 0.219. The Bertz CT molecular complexity index is 154. The highest BCUT2D eigenvalue weighted by molar-refractivity contribution is 6.29. The number of methoxy groups -OCH3 is 1. The number of carbonyl (C=O) groups is 3. The van der Waals surface area contributed by atoms with Gasteiger partial charge in [-0.3, -0.25) is 4.79 Å². The van der Waals surface area contributed by atoms with Crippen molar-refractivity contribution in [3.63, 3.8) is 0 Å². The Morgan fingerprint density at radius 3 is 2.40 bits per heavy atom. The van der Waals surface area contributed by atoms with Crippen molar-refractivity contribution in [2.45, 2.75) is 0 Å². The SMILES string of the molecule is COC(=O)C(=O)ONC=O. The van der Waals surface area contributed by atoms with Crippen molar-refractivity contribution in [1.29, 1.82) is 0 Å². The van der Waals surface area contributed by atoms with Crippen molar-refractivity contribution in [3.8, 4) is 0 Å². The molecule has 56 valence electrons. The third kappa shape index (κ3) is 2.65. The molecule has 0 aliphatic rings. The van der Waals surface area contributed by atoms with Crippen molar-refractivity contribution < 1.29 is 24.0 Å². The van der Waals surface area contributed by atoms with Gasteiger partial charge in [0.2, 0.25) is 6.41 Å². The Morgan fingerprint density at radius 2 is 2.00 bits per heavy atom. The first-order valence-corrected chi connectivity index (χ1v) is 2.20. The molecule has 0 rings (SSSR count).